The Hall–Kier alpha value is -3.25. The highest BCUT2D eigenvalue weighted by Gasteiger charge is 2.54. The van der Waals surface area contributed by atoms with E-state index in [-0.39, 0.29) is 17.0 Å². The number of carbonyl (C=O) groups is 1. The van der Waals surface area contributed by atoms with Gasteiger partial charge in [0.15, 0.2) is 0 Å². The topological polar surface area (TPSA) is 55.7 Å². The first-order valence-corrected chi connectivity index (χ1v) is 11.2. The van der Waals surface area contributed by atoms with Gasteiger partial charge in [-0.3, -0.25) is 4.79 Å². The van der Waals surface area contributed by atoms with Crippen molar-refractivity contribution >= 4 is 11.6 Å². The molecule has 32 heavy (non-hydrogen) atoms. The number of hydrogen-bond acceptors (Lipinski definition) is 4. The number of rotatable bonds is 2. The summed E-state index contributed by atoms with van der Waals surface area (Å²) in [5, 5.41) is 3.82. The van der Waals surface area contributed by atoms with Crippen LogP contribution < -0.4 is 10.1 Å². The molecule has 0 unspecified atom stereocenters. The number of nitrogens with one attached hydrogen (secondary N) is 1. The zero-order chi connectivity index (χ0) is 21.8. The molecule has 0 aliphatic carbocycles. The molecule has 2 saturated heterocycles. The molecule has 4 heterocycles. The van der Waals surface area contributed by atoms with Crippen LogP contribution in [0.2, 0.25) is 0 Å². The first kappa shape index (κ1) is 19.4. The standard InChI is InChI=1S/C26H27N3O3/c1-31-20-10-8-19(9-11-20)24(30)28-15-12-25(13-16-28)17-26(18-32-25)23-7-4-14-29(23)22-6-3-2-5-21(22)27-26/h2-11,14,27H,12-13,15-18H2,1H3/t26-/m0/s1. The Bertz CT molecular complexity index is 1160. The number of nitrogens with zero attached hydrogens (tertiary/aromatic N) is 2. The third-order valence-corrected chi connectivity index (χ3v) is 7.32. The Kier molecular flexibility index (Phi) is 4.33. The van der Waals surface area contributed by atoms with Crippen LogP contribution >= 0.6 is 0 Å². The number of hydrogen-bond donors (Lipinski definition) is 1. The first-order chi connectivity index (χ1) is 15.6. The van der Waals surface area contributed by atoms with Gasteiger partial charge in [-0.2, -0.15) is 0 Å². The van der Waals surface area contributed by atoms with Crippen LogP contribution in [0.15, 0.2) is 66.9 Å². The summed E-state index contributed by atoms with van der Waals surface area (Å²) in [6.07, 6.45) is 4.74. The molecular weight excluding hydrogens is 402 g/mol. The maximum absolute atomic E-state index is 13.0. The summed E-state index contributed by atoms with van der Waals surface area (Å²) >= 11 is 0. The summed E-state index contributed by atoms with van der Waals surface area (Å²) in [7, 11) is 1.63. The minimum atomic E-state index is -0.236. The van der Waals surface area contributed by atoms with Crippen molar-refractivity contribution in [2.75, 3.05) is 32.1 Å². The van der Waals surface area contributed by atoms with Crippen molar-refractivity contribution in [3.05, 3.63) is 78.1 Å². The Morgan fingerprint density at radius 2 is 1.81 bits per heavy atom. The average Bonchev–Trinajstić information content (AvgIpc) is 3.47. The van der Waals surface area contributed by atoms with Crippen LogP contribution in [0.1, 0.15) is 35.3 Å². The van der Waals surface area contributed by atoms with Crippen molar-refractivity contribution < 1.29 is 14.3 Å². The lowest BCUT2D eigenvalue weighted by Gasteiger charge is -2.41. The Morgan fingerprint density at radius 3 is 2.59 bits per heavy atom. The normalized spacial score (nSPS) is 23.0. The number of ether oxygens (including phenoxy) is 2. The van der Waals surface area contributed by atoms with Gasteiger partial charge < -0.3 is 24.3 Å². The van der Waals surface area contributed by atoms with Gasteiger partial charge in [0.05, 0.1) is 36.4 Å². The molecule has 0 saturated carbocycles. The SMILES string of the molecule is COc1ccc(C(=O)N2CCC3(CC2)C[C@@]2(CO3)Nc3ccccc3-n3cccc32)cc1. The molecule has 3 aliphatic heterocycles. The fourth-order valence-electron chi connectivity index (χ4n) is 5.62. The second-order valence-electron chi connectivity index (χ2n) is 9.16. The van der Waals surface area contributed by atoms with Gasteiger partial charge in [-0.1, -0.05) is 12.1 Å². The number of para-hydroxylation sites is 2. The van der Waals surface area contributed by atoms with Crippen LogP contribution in [-0.2, 0) is 10.3 Å². The molecule has 2 spiro atoms. The highest BCUT2D eigenvalue weighted by atomic mass is 16.5. The van der Waals surface area contributed by atoms with E-state index < -0.39 is 0 Å². The molecule has 1 amide bonds. The number of amides is 1. The highest BCUT2D eigenvalue weighted by Crippen LogP contribution is 2.50. The lowest BCUT2D eigenvalue weighted by atomic mass is 9.79. The van der Waals surface area contributed by atoms with Crippen molar-refractivity contribution in [3.8, 4) is 11.4 Å². The van der Waals surface area contributed by atoms with Crippen molar-refractivity contribution in [1.29, 1.82) is 0 Å². The second-order valence-corrected chi connectivity index (χ2v) is 9.16. The van der Waals surface area contributed by atoms with Gasteiger partial charge in [-0.25, -0.2) is 0 Å². The van der Waals surface area contributed by atoms with Gasteiger partial charge in [-0.05, 0) is 61.4 Å². The first-order valence-electron chi connectivity index (χ1n) is 11.2. The van der Waals surface area contributed by atoms with Crippen LogP contribution in [0.3, 0.4) is 0 Å². The maximum Gasteiger partial charge on any atom is 0.253 e. The van der Waals surface area contributed by atoms with Crippen LogP contribution in [-0.4, -0.2) is 47.8 Å². The number of fused-ring (bicyclic) bond motifs is 4. The summed E-state index contributed by atoms with van der Waals surface area (Å²) in [5.41, 5.74) is 3.84. The number of likely N-dealkylation sites (tertiary alicyclic amines) is 1. The molecule has 1 atom stereocenters. The van der Waals surface area contributed by atoms with Crippen molar-refractivity contribution in [3.63, 3.8) is 0 Å². The zero-order valence-electron chi connectivity index (χ0n) is 18.2. The van der Waals surface area contributed by atoms with Gasteiger partial charge in [0, 0.05) is 31.3 Å². The lowest BCUT2D eigenvalue weighted by Crippen LogP contribution is -2.48. The van der Waals surface area contributed by atoms with E-state index in [1.54, 1.807) is 7.11 Å². The molecule has 164 valence electrons. The summed E-state index contributed by atoms with van der Waals surface area (Å²) in [5.74, 6) is 0.837. The van der Waals surface area contributed by atoms with Crippen LogP contribution in [0.5, 0.6) is 5.75 Å². The average molecular weight is 430 g/mol. The van der Waals surface area contributed by atoms with Gasteiger partial charge in [0.2, 0.25) is 0 Å². The van der Waals surface area contributed by atoms with E-state index >= 15 is 0 Å². The minimum Gasteiger partial charge on any atom is -0.497 e. The molecule has 2 aromatic carbocycles. The fraction of sp³-hybridized carbons (Fsp3) is 0.346. The number of methoxy groups -OCH3 is 1. The van der Waals surface area contributed by atoms with Gasteiger partial charge in [-0.15, -0.1) is 0 Å². The van der Waals surface area contributed by atoms with Gasteiger partial charge in [0.1, 0.15) is 11.3 Å². The fourth-order valence-corrected chi connectivity index (χ4v) is 5.62. The summed E-state index contributed by atoms with van der Waals surface area (Å²) in [6.45, 7) is 2.05. The Labute approximate surface area is 187 Å². The molecule has 0 bridgehead atoms. The summed E-state index contributed by atoms with van der Waals surface area (Å²) < 4.78 is 14.0. The van der Waals surface area contributed by atoms with E-state index in [2.05, 4.69) is 52.5 Å². The van der Waals surface area contributed by atoms with Crippen LogP contribution in [0, 0.1) is 0 Å². The molecular formula is C26H27N3O3. The van der Waals surface area contributed by atoms with Crippen molar-refractivity contribution in [2.45, 2.75) is 30.4 Å². The molecule has 1 N–H and O–H groups in total. The molecule has 6 heteroatoms. The van der Waals surface area contributed by atoms with E-state index in [1.807, 2.05) is 29.2 Å². The Balaban J connectivity index is 1.20. The predicted molar refractivity (Wildman–Crippen MR) is 123 cm³/mol. The van der Waals surface area contributed by atoms with Crippen molar-refractivity contribution in [2.24, 2.45) is 0 Å². The molecule has 6 nitrogen and oxygen atoms in total. The van der Waals surface area contributed by atoms with Crippen molar-refractivity contribution in [1.82, 2.24) is 9.47 Å². The second kappa shape index (κ2) is 7.14. The van der Waals surface area contributed by atoms with E-state index in [0.29, 0.717) is 25.3 Å². The smallest absolute Gasteiger partial charge is 0.253 e. The van der Waals surface area contributed by atoms with E-state index in [1.165, 1.54) is 11.4 Å². The zero-order valence-corrected chi connectivity index (χ0v) is 18.2. The maximum atomic E-state index is 13.0. The number of aromatic nitrogens is 1. The number of piperidine rings is 1. The van der Waals surface area contributed by atoms with E-state index in [4.69, 9.17) is 9.47 Å². The van der Waals surface area contributed by atoms with Gasteiger partial charge in [0.25, 0.3) is 5.91 Å². The number of anilines is 1. The predicted octanol–water partition coefficient (Wildman–Crippen LogP) is 4.20. The third-order valence-electron chi connectivity index (χ3n) is 7.32. The quantitative estimate of drug-likeness (QED) is 0.663. The monoisotopic (exact) mass is 429 g/mol. The molecule has 0 radical (unpaired) electrons. The summed E-state index contributed by atoms with van der Waals surface area (Å²) in [4.78, 5) is 14.9. The molecule has 3 aliphatic rings. The van der Waals surface area contributed by atoms with E-state index in [0.717, 1.165) is 30.7 Å². The molecule has 2 fully saturated rings. The molecule has 1 aromatic heterocycles. The number of carbonyl (C=O) groups excluding carboxylic acids is 1. The van der Waals surface area contributed by atoms with Gasteiger partial charge >= 0.3 is 0 Å². The largest absolute Gasteiger partial charge is 0.497 e. The third kappa shape index (κ3) is 2.93. The Morgan fingerprint density at radius 1 is 1.03 bits per heavy atom. The molecule has 6 rings (SSSR count). The summed E-state index contributed by atoms with van der Waals surface area (Å²) in [6, 6.07) is 20.1. The van der Waals surface area contributed by atoms with Crippen LogP contribution in [0.4, 0.5) is 5.69 Å². The molecule has 3 aromatic rings. The minimum absolute atomic E-state index is 0.0776. The lowest BCUT2D eigenvalue weighted by molar-refractivity contribution is -0.0392. The highest BCUT2D eigenvalue weighted by molar-refractivity contribution is 5.94. The number of benzene rings is 2. The van der Waals surface area contributed by atoms with Crippen LogP contribution in [0.25, 0.3) is 5.69 Å². The van der Waals surface area contributed by atoms with E-state index in [9.17, 15) is 4.79 Å².